The molecule has 5 N–H and O–H groups in total. The monoisotopic (exact) mass is 305 g/mol. The van der Waals surface area contributed by atoms with Gasteiger partial charge in [0.05, 0.1) is 4.90 Å². The van der Waals surface area contributed by atoms with E-state index in [4.69, 9.17) is 23.1 Å². The molecule has 0 spiro atoms. The third-order valence-electron chi connectivity index (χ3n) is 2.66. The van der Waals surface area contributed by atoms with Crippen LogP contribution in [0.2, 0.25) is 5.02 Å². The minimum absolute atomic E-state index is 0.0770. The number of hydrogen-bond donors (Lipinski definition) is 3. The molecule has 8 heteroatoms. The van der Waals surface area contributed by atoms with Crippen LogP contribution >= 0.6 is 11.6 Å². The first kappa shape index (κ1) is 15.7. The molecule has 0 unspecified atom stereocenters. The van der Waals surface area contributed by atoms with Crippen LogP contribution in [0, 0.1) is 6.92 Å². The standard InChI is InChI=1S/C11H16ClN3O3S/c1-6-8(13)4-7(12)5-9(6)19(17,18)15-11(2,3)10(14)16/h4-5,15H,13H2,1-3H3,(H2,14,16). The van der Waals surface area contributed by atoms with Gasteiger partial charge in [-0.1, -0.05) is 11.6 Å². The van der Waals surface area contributed by atoms with Gasteiger partial charge in [-0.15, -0.1) is 0 Å². The van der Waals surface area contributed by atoms with Crippen LogP contribution in [0.3, 0.4) is 0 Å². The fourth-order valence-corrected chi connectivity index (χ4v) is 3.37. The molecule has 0 aromatic heterocycles. The number of carbonyl (C=O) groups excluding carboxylic acids is 1. The Morgan fingerprint density at radius 3 is 2.37 bits per heavy atom. The topological polar surface area (TPSA) is 115 Å². The van der Waals surface area contributed by atoms with Crippen molar-refractivity contribution in [3.8, 4) is 0 Å². The zero-order valence-electron chi connectivity index (χ0n) is 10.8. The maximum atomic E-state index is 12.2. The van der Waals surface area contributed by atoms with Gasteiger partial charge in [-0.05, 0) is 38.5 Å². The van der Waals surface area contributed by atoms with E-state index in [0.29, 0.717) is 5.56 Å². The number of sulfonamides is 1. The van der Waals surface area contributed by atoms with Crippen molar-refractivity contribution in [1.82, 2.24) is 4.72 Å². The van der Waals surface area contributed by atoms with Gasteiger partial charge in [-0.25, -0.2) is 8.42 Å². The number of rotatable bonds is 4. The minimum atomic E-state index is -3.95. The van der Waals surface area contributed by atoms with E-state index in [-0.39, 0.29) is 15.6 Å². The highest BCUT2D eigenvalue weighted by molar-refractivity contribution is 7.89. The van der Waals surface area contributed by atoms with E-state index >= 15 is 0 Å². The van der Waals surface area contributed by atoms with E-state index < -0.39 is 21.5 Å². The summed E-state index contributed by atoms with van der Waals surface area (Å²) < 4.78 is 26.7. The Kier molecular flexibility index (Phi) is 4.14. The average Bonchev–Trinajstić information content (AvgIpc) is 2.21. The predicted octanol–water partition coefficient (Wildman–Crippen LogP) is 0.773. The van der Waals surface area contributed by atoms with Crippen LogP contribution < -0.4 is 16.2 Å². The maximum absolute atomic E-state index is 12.2. The van der Waals surface area contributed by atoms with Crippen molar-refractivity contribution in [2.75, 3.05) is 5.73 Å². The van der Waals surface area contributed by atoms with Crippen molar-refractivity contribution in [2.24, 2.45) is 5.73 Å². The molecule has 0 heterocycles. The summed E-state index contributed by atoms with van der Waals surface area (Å²) in [5, 5.41) is 0.195. The fraction of sp³-hybridized carbons (Fsp3) is 0.364. The second-order valence-corrected chi connectivity index (χ2v) is 6.80. The van der Waals surface area contributed by atoms with E-state index in [1.165, 1.54) is 26.0 Å². The number of nitrogens with one attached hydrogen (secondary N) is 1. The van der Waals surface area contributed by atoms with Crippen molar-refractivity contribution in [1.29, 1.82) is 0 Å². The zero-order valence-corrected chi connectivity index (χ0v) is 12.4. The lowest BCUT2D eigenvalue weighted by Gasteiger charge is -2.23. The van der Waals surface area contributed by atoms with Crippen molar-refractivity contribution >= 4 is 33.2 Å². The van der Waals surface area contributed by atoms with Gasteiger partial charge in [0.25, 0.3) is 0 Å². The van der Waals surface area contributed by atoms with Crippen LogP contribution in [0.1, 0.15) is 19.4 Å². The Morgan fingerprint density at radius 1 is 1.37 bits per heavy atom. The summed E-state index contributed by atoms with van der Waals surface area (Å²) in [6.07, 6.45) is 0. The molecule has 0 fully saturated rings. The second kappa shape index (κ2) is 4.99. The molecule has 0 saturated carbocycles. The Bertz CT molecular complexity index is 626. The maximum Gasteiger partial charge on any atom is 0.241 e. The Balaban J connectivity index is 3.33. The molecule has 1 amide bonds. The molecular weight excluding hydrogens is 290 g/mol. The number of primary amides is 1. The molecule has 0 aliphatic heterocycles. The van der Waals surface area contributed by atoms with E-state index in [9.17, 15) is 13.2 Å². The normalized spacial score (nSPS) is 12.4. The Morgan fingerprint density at radius 2 is 1.89 bits per heavy atom. The van der Waals surface area contributed by atoms with Gasteiger partial charge < -0.3 is 11.5 Å². The molecule has 1 aromatic carbocycles. The lowest BCUT2D eigenvalue weighted by Crippen LogP contribution is -2.52. The van der Waals surface area contributed by atoms with Gasteiger partial charge in [0, 0.05) is 10.7 Å². The largest absolute Gasteiger partial charge is 0.398 e. The summed E-state index contributed by atoms with van der Waals surface area (Å²) >= 11 is 5.80. The van der Waals surface area contributed by atoms with Crippen LogP contribution in [-0.2, 0) is 14.8 Å². The summed E-state index contributed by atoms with van der Waals surface area (Å²) in [4.78, 5) is 11.1. The average molecular weight is 306 g/mol. The van der Waals surface area contributed by atoms with Gasteiger partial charge in [0.2, 0.25) is 15.9 Å². The van der Waals surface area contributed by atoms with Gasteiger partial charge in [-0.2, -0.15) is 4.72 Å². The number of nitrogen functional groups attached to an aromatic ring is 1. The molecule has 0 aliphatic carbocycles. The third kappa shape index (κ3) is 3.37. The highest BCUT2D eigenvalue weighted by Gasteiger charge is 2.32. The number of benzene rings is 1. The number of halogens is 1. The molecule has 1 aromatic rings. The van der Waals surface area contributed by atoms with E-state index in [1.54, 1.807) is 6.92 Å². The van der Waals surface area contributed by atoms with E-state index in [2.05, 4.69) is 4.72 Å². The number of nitrogens with two attached hydrogens (primary N) is 2. The van der Waals surface area contributed by atoms with Crippen molar-refractivity contribution in [2.45, 2.75) is 31.2 Å². The summed E-state index contributed by atoms with van der Waals surface area (Å²) in [7, 11) is -3.95. The summed E-state index contributed by atoms with van der Waals surface area (Å²) in [6.45, 7) is 4.30. The van der Waals surface area contributed by atoms with Crippen molar-refractivity contribution in [3.05, 3.63) is 22.7 Å². The lowest BCUT2D eigenvalue weighted by atomic mass is 10.1. The van der Waals surface area contributed by atoms with Crippen molar-refractivity contribution in [3.63, 3.8) is 0 Å². The van der Waals surface area contributed by atoms with Gasteiger partial charge in [0.15, 0.2) is 0 Å². The molecule has 0 radical (unpaired) electrons. The minimum Gasteiger partial charge on any atom is -0.398 e. The third-order valence-corrected chi connectivity index (χ3v) is 4.66. The first-order valence-electron chi connectivity index (χ1n) is 5.37. The first-order chi connectivity index (χ1) is 8.47. The molecule has 0 bridgehead atoms. The highest BCUT2D eigenvalue weighted by Crippen LogP contribution is 2.26. The van der Waals surface area contributed by atoms with Gasteiger partial charge >= 0.3 is 0 Å². The van der Waals surface area contributed by atoms with Crippen LogP contribution in [-0.4, -0.2) is 19.9 Å². The molecule has 19 heavy (non-hydrogen) atoms. The molecule has 1 rings (SSSR count). The van der Waals surface area contributed by atoms with Gasteiger partial charge in [0.1, 0.15) is 5.54 Å². The second-order valence-electron chi connectivity index (χ2n) is 4.71. The quantitative estimate of drug-likeness (QED) is 0.713. The zero-order chi connectivity index (χ0) is 15.0. The Labute approximate surface area is 117 Å². The predicted molar refractivity (Wildman–Crippen MR) is 74.2 cm³/mol. The van der Waals surface area contributed by atoms with Crippen LogP contribution in [0.15, 0.2) is 17.0 Å². The number of anilines is 1. The fourth-order valence-electron chi connectivity index (χ4n) is 1.39. The molecule has 106 valence electrons. The summed E-state index contributed by atoms with van der Waals surface area (Å²) in [6, 6.07) is 2.72. The number of carbonyl (C=O) groups is 1. The molecule has 0 atom stereocenters. The molecule has 0 saturated heterocycles. The van der Waals surface area contributed by atoms with E-state index in [1.807, 2.05) is 0 Å². The summed E-state index contributed by atoms with van der Waals surface area (Å²) in [5.41, 5.74) is 10.0. The lowest BCUT2D eigenvalue weighted by molar-refractivity contribution is -0.122. The van der Waals surface area contributed by atoms with E-state index in [0.717, 1.165) is 0 Å². The first-order valence-corrected chi connectivity index (χ1v) is 7.23. The molecule has 6 nitrogen and oxygen atoms in total. The summed E-state index contributed by atoms with van der Waals surface area (Å²) in [5.74, 6) is -0.788. The SMILES string of the molecule is Cc1c(N)cc(Cl)cc1S(=O)(=O)NC(C)(C)C(N)=O. The Hall–Kier alpha value is -1.31. The number of amides is 1. The van der Waals surface area contributed by atoms with Crippen LogP contribution in [0.4, 0.5) is 5.69 Å². The van der Waals surface area contributed by atoms with Gasteiger partial charge in [-0.3, -0.25) is 4.79 Å². The van der Waals surface area contributed by atoms with Crippen LogP contribution in [0.5, 0.6) is 0 Å². The molecular formula is C11H16ClN3O3S. The van der Waals surface area contributed by atoms with Crippen molar-refractivity contribution < 1.29 is 13.2 Å². The highest BCUT2D eigenvalue weighted by atomic mass is 35.5. The molecule has 0 aliphatic rings. The van der Waals surface area contributed by atoms with Crippen LogP contribution in [0.25, 0.3) is 0 Å². The smallest absolute Gasteiger partial charge is 0.241 e. The number of hydrogen-bond acceptors (Lipinski definition) is 4.